The molecule has 0 radical (unpaired) electrons. The summed E-state index contributed by atoms with van der Waals surface area (Å²) in [5.41, 5.74) is -2.05. The fraction of sp³-hybridized carbons (Fsp3) is 0.300. The molecule has 1 rings (SSSR count). The lowest BCUT2D eigenvalue weighted by Crippen LogP contribution is -2.31. The largest absolute Gasteiger partial charge is 0.478 e. The molecule has 0 fully saturated rings. The SMILES string of the molecule is CC(Oc1cc(C(=O)O)c([N+](=O)[O-])cc1F)C(F)(F)F. The number of nitro benzene ring substituents is 1. The third-order valence-electron chi connectivity index (χ3n) is 2.24. The number of halogens is 4. The molecule has 0 saturated carbocycles. The Balaban J connectivity index is 3.26. The van der Waals surface area contributed by atoms with Crippen LogP contribution < -0.4 is 4.74 Å². The number of rotatable bonds is 4. The number of ether oxygens (including phenoxy) is 1. The molecule has 110 valence electrons. The van der Waals surface area contributed by atoms with Gasteiger partial charge in [-0.1, -0.05) is 0 Å². The number of hydrogen-bond donors (Lipinski definition) is 1. The summed E-state index contributed by atoms with van der Waals surface area (Å²) in [4.78, 5) is 20.1. The highest BCUT2D eigenvalue weighted by molar-refractivity contribution is 5.92. The monoisotopic (exact) mass is 297 g/mol. The van der Waals surface area contributed by atoms with Crippen molar-refractivity contribution in [2.75, 3.05) is 0 Å². The van der Waals surface area contributed by atoms with Crippen molar-refractivity contribution in [1.82, 2.24) is 0 Å². The van der Waals surface area contributed by atoms with Crippen LogP contribution in [0.2, 0.25) is 0 Å². The molecular formula is C10H7F4NO5. The Morgan fingerprint density at radius 1 is 1.45 bits per heavy atom. The van der Waals surface area contributed by atoms with Crippen LogP contribution in [0.5, 0.6) is 5.75 Å². The highest BCUT2D eigenvalue weighted by Gasteiger charge is 2.39. The first-order valence-corrected chi connectivity index (χ1v) is 4.98. The fourth-order valence-electron chi connectivity index (χ4n) is 1.21. The van der Waals surface area contributed by atoms with Crippen LogP contribution in [0.4, 0.5) is 23.2 Å². The molecular weight excluding hydrogens is 290 g/mol. The van der Waals surface area contributed by atoms with Crippen LogP contribution in [0.25, 0.3) is 0 Å². The molecule has 0 amide bonds. The maximum absolute atomic E-state index is 13.4. The molecule has 0 saturated heterocycles. The number of alkyl halides is 3. The smallest absolute Gasteiger partial charge is 0.425 e. The average Bonchev–Trinajstić information content (AvgIpc) is 2.29. The minimum Gasteiger partial charge on any atom is -0.478 e. The van der Waals surface area contributed by atoms with Gasteiger partial charge in [0.25, 0.3) is 5.69 Å². The Morgan fingerprint density at radius 3 is 2.40 bits per heavy atom. The molecule has 0 aromatic heterocycles. The predicted molar refractivity (Wildman–Crippen MR) is 56.2 cm³/mol. The zero-order valence-corrected chi connectivity index (χ0v) is 9.77. The molecule has 1 N–H and O–H groups in total. The van der Waals surface area contributed by atoms with Crippen molar-refractivity contribution < 1.29 is 37.1 Å². The molecule has 10 heteroatoms. The Bertz CT molecular complexity index is 557. The standard InChI is InChI=1S/C10H7F4NO5/c1-4(10(12,13)14)20-8-2-5(9(16)17)7(15(18)19)3-6(8)11/h2-4H,1H3,(H,16,17). The minimum atomic E-state index is -4.79. The van der Waals surface area contributed by atoms with E-state index in [1.165, 1.54) is 0 Å². The topological polar surface area (TPSA) is 89.7 Å². The number of hydrogen-bond acceptors (Lipinski definition) is 4. The third kappa shape index (κ3) is 3.33. The number of nitrogens with zero attached hydrogens (tertiary/aromatic N) is 1. The van der Waals surface area contributed by atoms with Crippen LogP contribution in [0.15, 0.2) is 12.1 Å². The summed E-state index contributed by atoms with van der Waals surface area (Å²) in [6, 6.07) is 0.542. The van der Waals surface area contributed by atoms with Gasteiger partial charge in [-0.15, -0.1) is 0 Å². The first-order valence-electron chi connectivity index (χ1n) is 4.98. The van der Waals surface area contributed by atoms with Gasteiger partial charge in [0.1, 0.15) is 5.56 Å². The van der Waals surface area contributed by atoms with Crippen LogP contribution in [0.1, 0.15) is 17.3 Å². The zero-order valence-electron chi connectivity index (χ0n) is 9.77. The predicted octanol–water partition coefficient (Wildman–Crippen LogP) is 2.76. The number of nitro groups is 1. The number of carbonyl (C=O) groups is 1. The average molecular weight is 297 g/mol. The quantitative estimate of drug-likeness (QED) is 0.524. The van der Waals surface area contributed by atoms with Crippen molar-refractivity contribution in [2.24, 2.45) is 0 Å². The highest BCUT2D eigenvalue weighted by Crippen LogP contribution is 2.31. The summed E-state index contributed by atoms with van der Waals surface area (Å²) in [6.07, 6.45) is -7.20. The fourth-order valence-corrected chi connectivity index (χ4v) is 1.21. The van der Waals surface area contributed by atoms with E-state index >= 15 is 0 Å². The van der Waals surface area contributed by atoms with Gasteiger partial charge >= 0.3 is 12.1 Å². The Labute approximate surface area is 108 Å². The van der Waals surface area contributed by atoms with Crippen molar-refractivity contribution in [1.29, 1.82) is 0 Å². The van der Waals surface area contributed by atoms with Crippen molar-refractivity contribution in [2.45, 2.75) is 19.2 Å². The van der Waals surface area contributed by atoms with Gasteiger partial charge < -0.3 is 9.84 Å². The Morgan fingerprint density at radius 2 is 2.00 bits per heavy atom. The summed E-state index contributed by atoms with van der Waals surface area (Å²) in [6.45, 7) is 0.585. The number of carboxylic acids is 1. The van der Waals surface area contributed by atoms with Crippen molar-refractivity contribution in [3.63, 3.8) is 0 Å². The van der Waals surface area contributed by atoms with Gasteiger partial charge in [-0.3, -0.25) is 10.1 Å². The molecule has 0 heterocycles. The van der Waals surface area contributed by atoms with Gasteiger partial charge in [0.05, 0.1) is 11.0 Å². The van der Waals surface area contributed by atoms with E-state index in [0.717, 1.165) is 0 Å². The maximum atomic E-state index is 13.4. The molecule has 0 aliphatic rings. The normalized spacial score (nSPS) is 12.8. The highest BCUT2D eigenvalue weighted by atomic mass is 19.4. The second-order valence-corrected chi connectivity index (χ2v) is 3.66. The van der Waals surface area contributed by atoms with Crippen molar-refractivity contribution >= 4 is 11.7 Å². The van der Waals surface area contributed by atoms with E-state index in [9.17, 15) is 32.5 Å². The summed E-state index contributed by atoms with van der Waals surface area (Å²) in [5, 5.41) is 19.2. The molecule has 0 spiro atoms. The summed E-state index contributed by atoms with van der Waals surface area (Å²) in [7, 11) is 0. The first kappa shape index (κ1) is 15.7. The molecule has 6 nitrogen and oxygen atoms in total. The second-order valence-electron chi connectivity index (χ2n) is 3.66. The Hall–Kier alpha value is -2.39. The third-order valence-corrected chi connectivity index (χ3v) is 2.24. The molecule has 0 bridgehead atoms. The van der Waals surface area contributed by atoms with Gasteiger partial charge in [0.2, 0.25) is 0 Å². The summed E-state index contributed by atoms with van der Waals surface area (Å²) < 4.78 is 54.4. The number of benzene rings is 1. The molecule has 1 unspecified atom stereocenters. The molecule has 1 aromatic rings. The summed E-state index contributed by atoms with van der Waals surface area (Å²) in [5.74, 6) is -4.28. The van der Waals surface area contributed by atoms with Crippen LogP contribution in [-0.2, 0) is 0 Å². The molecule has 1 atom stereocenters. The van der Waals surface area contributed by atoms with E-state index in [-0.39, 0.29) is 6.07 Å². The number of aromatic carboxylic acids is 1. The summed E-state index contributed by atoms with van der Waals surface area (Å²) >= 11 is 0. The van der Waals surface area contributed by atoms with Gasteiger partial charge in [-0.25, -0.2) is 9.18 Å². The van der Waals surface area contributed by atoms with Gasteiger partial charge in [-0.05, 0) is 6.92 Å². The number of carboxylic acid groups (broad SMARTS) is 1. The molecule has 0 aliphatic carbocycles. The lowest BCUT2D eigenvalue weighted by atomic mass is 10.1. The Kier molecular flexibility index (Phi) is 4.16. The van der Waals surface area contributed by atoms with Crippen molar-refractivity contribution in [3.05, 3.63) is 33.6 Å². The maximum Gasteiger partial charge on any atom is 0.425 e. The van der Waals surface area contributed by atoms with E-state index < -0.39 is 46.0 Å². The van der Waals surface area contributed by atoms with Crippen LogP contribution in [-0.4, -0.2) is 28.3 Å². The van der Waals surface area contributed by atoms with Crippen LogP contribution in [0.3, 0.4) is 0 Å². The second kappa shape index (κ2) is 5.31. The van der Waals surface area contributed by atoms with E-state index in [1.54, 1.807) is 0 Å². The lowest BCUT2D eigenvalue weighted by molar-refractivity contribution is -0.385. The van der Waals surface area contributed by atoms with Gasteiger partial charge in [0.15, 0.2) is 17.7 Å². The van der Waals surface area contributed by atoms with Crippen LogP contribution in [0, 0.1) is 15.9 Å². The minimum absolute atomic E-state index is 0.196. The van der Waals surface area contributed by atoms with E-state index in [0.29, 0.717) is 13.0 Å². The van der Waals surface area contributed by atoms with E-state index in [2.05, 4.69) is 4.74 Å². The zero-order chi connectivity index (χ0) is 15.7. The lowest BCUT2D eigenvalue weighted by Gasteiger charge is -2.18. The molecule has 20 heavy (non-hydrogen) atoms. The van der Waals surface area contributed by atoms with E-state index in [1.807, 2.05) is 0 Å². The van der Waals surface area contributed by atoms with Crippen LogP contribution >= 0.6 is 0 Å². The van der Waals surface area contributed by atoms with E-state index in [4.69, 9.17) is 5.11 Å². The first-order chi connectivity index (χ1) is 9.04. The molecule has 0 aliphatic heterocycles. The van der Waals surface area contributed by atoms with Crippen molar-refractivity contribution in [3.8, 4) is 5.75 Å². The van der Waals surface area contributed by atoms with Gasteiger partial charge in [0, 0.05) is 6.07 Å². The van der Waals surface area contributed by atoms with Gasteiger partial charge in [-0.2, -0.15) is 13.2 Å². The molecule has 1 aromatic carbocycles.